The first-order valence-corrected chi connectivity index (χ1v) is 9.36. The maximum absolute atomic E-state index is 12.5. The molecular formula is C20H20Cl2LiN3O5. The summed E-state index contributed by atoms with van der Waals surface area (Å²) in [5, 5.41) is 18.3. The maximum atomic E-state index is 12.5. The predicted molar refractivity (Wildman–Crippen MR) is 118 cm³/mol. The summed E-state index contributed by atoms with van der Waals surface area (Å²) in [6, 6.07) is 8.80. The van der Waals surface area contributed by atoms with Crippen LogP contribution in [0, 0.1) is 0 Å². The van der Waals surface area contributed by atoms with Gasteiger partial charge in [-0.3, -0.25) is 9.59 Å². The third kappa shape index (κ3) is 6.76. The third-order valence-corrected chi connectivity index (χ3v) is 4.72. The minimum absolute atomic E-state index is 0. The second-order valence-electron chi connectivity index (χ2n) is 6.47. The minimum atomic E-state index is -1.05. The first kappa shape index (κ1) is 26.6. The Labute approximate surface area is 202 Å². The van der Waals surface area contributed by atoms with Crippen molar-refractivity contribution in [1.82, 2.24) is 0 Å². The van der Waals surface area contributed by atoms with Gasteiger partial charge in [0.25, 0.3) is 0 Å². The molecule has 0 fully saturated rings. The molecule has 0 bridgehead atoms. The standard InChI is InChI=1S/C20H17Cl2N3O4.Li.H2O.H/c1-10(26)23-13-2-4-14(5-3-13)24-18(27)7-11-6-17(20(28)29)25-16-9-12(21)8-15(22)19(11)16;;;/h2-5,7-9,17,25H,6H2,1H3,(H,23,26)(H,24,27)(H,28,29);;1H2;/q;+1;;-1/b11-7+;;;. The van der Waals surface area contributed by atoms with Gasteiger partial charge in [-0.15, -0.1) is 0 Å². The van der Waals surface area contributed by atoms with Gasteiger partial charge in [-0.05, 0) is 42.0 Å². The van der Waals surface area contributed by atoms with E-state index in [2.05, 4.69) is 16.0 Å². The van der Waals surface area contributed by atoms with Gasteiger partial charge < -0.3 is 28.0 Å². The first-order valence-electron chi connectivity index (χ1n) is 8.61. The van der Waals surface area contributed by atoms with Crippen molar-refractivity contribution in [2.24, 2.45) is 0 Å². The maximum Gasteiger partial charge on any atom is 1.00 e. The summed E-state index contributed by atoms with van der Waals surface area (Å²) in [5.41, 5.74) is 2.62. The molecule has 160 valence electrons. The van der Waals surface area contributed by atoms with E-state index in [1.54, 1.807) is 30.3 Å². The Hall–Kier alpha value is -2.47. The minimum Gasteiger partial charge on any atom is -1.00 e. The van der Waals surface area contributed by atoms with Crippen LogP contribution in [0.25, 0.3) is 5.57 Å². The Kier molecular flexibility index (Phi) is 9.62. The number of carboxylic acids is 1. The van der Waals surface area contributed by atoms with Crippen LogP contribution in [0.5, 0.6) is 0 Å². The van der Waals surface area contributed by atoms with Gasteiger partial charge in [0.2, 0.25) is 11.8 Å². The van der Waals surface area contributed by atoms with Crippen LogP contribution in [0.4, 0.5) is 17.1 Å². The van der Waals surface area contributed by atoms with Crippen LogP contribution in [0.2, 0.25) is 10.0 Å². The molecule has 1 unspecified atom stereocenters. The van der Waals surface area contributed by atoms with Crippen molar-refractivity contribution in [2.75, 3.05) is 16.0 Å². The number of carbonyl (C=O) groups is 3. The number of nitrogens with one attached hydrogen (secondary N) is 3. The smallest absolute Gasteiger partial charge is 1.00 e. The van der Waals surface area contributed by atoms with Crippen molar-refractivity contribution in [2.45, 2.75) is 19.4 Å². The van der Waals surface area contributed by atoms with E-state index in [1.165, 1.54) is 19.1 Å². The molecule has 2 aromatic rings. The van der Waals surface area contributed by atoms with Gasteiger partial charge in [0.05, 0.1) is 5.02 Å². The van der Waals surface area contributed by atoms with Gasteiger partial charge in [-0.2, -0.15) is 0 Å². The average Bonchev–Trinajstić information content (AvgIpc) is 2.61. The molecule has 0 saturated heterocycles. The summed E-state index contributed by atoms with van der Waals surface area (Å²) < 4.78 is 0. The van der Waals surface area contributed by atoms with Crippen LogP contribution < -0.4 is 34.8 Å². The van der Waals surface area contributed by atoms with Crippen molar-refractivity contribution in [1.29, 1.82) is 0 Å². The van der Waals surface area contributed by atoms with Gasteiger partial charge in [0.15, 0.2) is 0 Å². The summed E-state index contributed by atoms with van der Waals surface area (Å²) in [6.07, 6.45) is 1.41. The molecule has 2 aromatic carbocycles. The topological polar surface area (TPSA) is 139 Å². The Morgan fingerprint density at radius 1 is 1.13 bits per heavy atom. The van der Waals surface area contributed by atoms with Gasteiger partial charge in [-0.1, -0.05) is 23.2 Å². The Morgan fingerprint density at radius 2 is 1.71 bits per heavy atom. The molecule has 6 N–H and O–H groups in total. The molecule has 0 aliphatic carbocycles. The molecule has 31 heavy (non-hydrogen) atoms. The van der Waals surface area contributed by atoms with E-state index < -0.39 is 17.9 Å². The van der Waals surface area contributed by atoms with E-state index in [4.69, 9.17) is 23.2 Å². The normalized spacial score (nSPS) is 15.5. The van der Waals surface area contributed by atoms with Crippen molar-refractivity contribution < 1.29 is 45.3 Å². The van der Waals surface area contributed by atoms with Gasteiger partial charge in [0.1, 0.15) is 6.04 Å². The number of carboxylic acid groups (broad SMARTS) is 1. The van der Waals surface area contributed by atoms with E-state index in [1.807, 2.05) is 0 Å². The molecule has 0 radical (unpaired) electrons. The first-order chi connectivity index (χ1) is 13.7. The van der Waals surface area contributed by atoms with E-state index in [9.17, 15) is 19.5 Å². The summed E-state index contributed by atoms with van der Waals surface area (Å²) >= 11 is 12.3. The van der Waals surface area contributed by atoms with Crippen LogP contribution >= 0.6 is 23.2 Å². The molecule has 11 heteroatoms. The van der Waals surface area contributed by atoms with Gasteiger partial charge in [0, 0.05) is 47.1 Å². The fourth-order valence-electron chi connectivity index (χ4n) is 3.03. The zero-order chi connectivity index (χ0) is 21.1. The number of hydrogen-bond acceptors (Lipinski definition) is 4. The molecule has 1 aliphatic heterocycles. The van der Waals surface area contributed by atoms with Crippen LogP contribution in [0.3, 0.4) is 0 Å². The zero-order valence-corrected chi connectivity index (χ0v) is 18.3. The monoisotopic (exact) mass is 459 g/mol. The van der Waals surface area contributed by atoms with E-state index in [0.717, 1.165) is 0 Å². The number of amides is 2. The molecule has 0 saturated carbocycles. The second-order valence-corrected chi connectivity index (χ2v) is 7.31. The molecule has 1 atom stereocenters. The molecule has 1 aliphatic rings. The number of rotatable bonds is 4. The van der Waals surface area contributed by atoms with E-state index in [0.29, 0.717) is 38.2 Å². The average molecular weight is 460 g/mol. The molecule has 1 heterocycles. The van der Waals surface area contributed by atoms with Crippen LogP contribution in [0.15, 0.2) is 42.5 Å². The fourth-order valence-corrected chi connectivity index (χ4v) is 3.65. The van der Waals surface area contributed by atoms with Crippen molar-refractivity contribution in [3.63, 3.8) is 0 Å². The fraction of sp³-hybridized carbons (Fsp3) is 0.150. The Morgan fingerprint density at radius 3 is 2.26 bits per heavy atom. The quantitative estimate of drug-likeness (QED) is 0.390. The number of carbonyl (C=O) groups excluding carboxylic acids is 2. The van der Waals surface area contributed by atoms with E-state index in [-0.39, 0.29) is 38.1 Å². The van der Waals surface area contributed by atoms with Crippen LogP contribution in [-0.4, -0.2) is 34.4 Å². The van der Waals surface area contributed by atoms with Crippen molar-refractivity contribution in [3.05, 3.63) is 58.1 Å². The SMILES string of the molecule is CC(=O)Nc1ccc(NC(=O)/C=C2\CC(C(=O)O)Nc3cc(Cl)cc(Cl)c32)cc1.O.[H-].[Li+]. The van der Waals surface area contributed by atoms with Crippen LogP contribution in [-0.2, 0) is 14.4 Å². The summed E-state index contributed by atoms with van der Waals surface area (Å²) in [6.45, 7) is 1.40. The number of halogens is 2. The molecule has 0 aromatic heterocycles. The van der Waals surface area contributed by atoms with Crippen molar-refractivity contribution >= 4 is 63.6 Å². The molecular weight excluding hydrogens is 440 g/mol. The third-order valence-electron chi connectivity index (χ3n) is 4.21. The van der Waals surface area contributed by atoms with Crippen molar-refractivity contribution in [3.8, 4) is 0 Å². The number of hydrogen-bond donors (Lipinski definition) is 4. The largest absolute Gasteiger partial charge is 1.00 e. The Balaban J connectivity index is 0.00000320. The van der Waals surface area contributed by atoms with Gasteiger partial charge in [-0.25, -0.2) is 4.79 Å². The zero-order valence-electron chi connectivity index (χ0n) is 17.8. The van der Waals surface area contributed by atoms with Gasteiger partial charge >= 0.3 is 24.8 Å². The number of fused-ring (bicyclic) bond motifs is 1. The summed E-state index contributed by atoms with van der Waals surface area (Å²) in [7, 11) is 0. The second kappa shape index (κ2) is 11.2. The molecule has 0 spiro atoms. The molecule has 8 nitrogen and oxygen atoms in total. The Bertz CT molecular complexity index is 1030. The van der Waals surface area contributed by atoms with Crippen LogP contribution in [0.1, 0.15) is 20.3 Å². The number of aliphatic carboxylic acids is 1. The number of benzene rings is 2. The number of anilines is 3. The summed E-state index contributed by atoms with van der Waals surface area (Å²) in [4.78, 5) is 35.1. The molecule has 3 rings (SSSR count). The van der Waals surface area contributed by atoms with E-state index >= 15 is 0 Å². The summed E-state index contributed by atoms with van der Waals surface area (Å²) in [5.74, 6) is -1.68. The molecule has 2 amide bonds. The predicted octanol–water partition coefficient (Wildman–Crippen LogP) is 0.534.